The molecule has 2 aromatic heterocycles. The summed E-state index contributed by atoms with van der Waals surface area (Å²) in [5.41, 5.74) is 1.34. The summed E-state index contributed by atoms with van der Waals surface area (Å²) in [5.74, 6) is 1.98. The molecule has 2 fully saturated rings. The zero-order chi connectivity index (χ0) is 18.5. The summed E-state index contributed by atoms with van der Waals surface area (Å²) in [6.07, 6.45) is 5.08. The number of carbonyl (C=O) groups excluding carboxylic acids is 2. The molecular weight excluding hydrogens is 346 g/mol. The van der Waals surface area contributed by atoms with Gasteiger partial charge < -0.3 is 9.32 Å². The molecule has 0 aromatic carbocycles. The van der Waals surface area contributed by atoms with Crippen molar-refractivity contribution in [3.8, 4) is 0 Å². The molecule has 8 nitrogen and oxygen atoms in total. The van der Waals surface area contributed by atoms with Crippen molar-refractivity contribution < 1.29 is 14.0 Å². The Hall–Kier alpha value is -2.90. The number of ketones is 1. The molecule has 0 spiro atoms. The molecule has 5 rings (SSSR count). The molecule has 1 N–H and O–H groups in total. The van der Waals surface area contributed by atoms with E-state index in [4.69, 9.17) is 4.42 Å². The maximum atomic E-state index is 13.0. The molecule has 4 heterocycles. The Kier molecular flexibility index (Phi) is 3.66. The first-order valence-electron chi connectivity index (χ1n) is 9.40. The Balaban J connectivity index is 1.47. The Bertz CT molecular complexity index is 920. The van der Waals surface area contributed by atoms with E-state index >= 15 is 0 Å². The summed E-state index contributed by atoms with van der Waals surface area (Å²) in [6, 6.07) is 3.45. The van der Waals surface area contributed by atoms with Gasteiger partial charge in [-0.15, -0.1) is 0 Å². The molecule has 1 saturated heterocycles. The number of hydrogen-bond acceptors (Lipinski definition) is 6. The number of fused-ring (bicyclic) bond motifs is 4. The average Bonchev–Trinajstić information content (AvgIpc) is 3.23. The highest BCUT2D eigenvalue weighted by molar-refractivity contribution is 6.05. The molecular formula is C19H21N5O3. The second kappa shape index (κ2) is 6.07. The molecule has 1 saturated carbocycles. The van der Waals surface area contributed by atoms with E-state index in [1.54, 1.807) is 17.9 Å². The van der Waals surface area contributed by atoms with Gasteiger partial charge in [0, 0.05) is 26.4 Å². The molecule has 0 unspecified atom stereocenters. The zero-order valence-corrected chi connectivity index (χ0v) is 15.1. The SMILES string of the molecule is Cc1nc(NC(=O)N2c3nc(C(=O)CC4CC4)ccc3N3CC[C@H]2C3)co1. The summed E-state index contributed by atoms with van der Waals surface area (Å²) < 4.78 is 5.16. The van der Waals surface area contributed by atoms with Crippen molar-refractivity contribution in [3.05, 3.63) is 30.0 Å². The Morgan fingerprint density at radius 3 is 2.85 bits per heavy atom. The van der Waals surface area contributed by atoms with Crippen LogP contribution in [0.15, 0.2) is 22.8 Å². The van der Waals surface area contributed by atoms with E-state index in [1.165, 1.54) is 6.26 Å². The molecule has 1 atom stereocenters. The van der Waals surface area contributed by atoms with E-state index in [9.17, 15) is 9.59 Å². The van der Waals surface area contributed by atoms with Crippen LogP contribution in [0.4, 0.5) is 22.1 Å². The van der Waals surface area contributed by atoms with E-state index < -0.39 is 0 Å². The molecule has 8 heteroatoms. The lowest BCUT2D eigenvalue weighted by atomic mass is 10.1. The van der Waals surface area contributed by atoms with Crippen molar-refractivity contribution in [3.63, 3.8) is 0 Å². The van der Waals surface area contributed by atoms with Gasteiger partial charge in [0.05, 0.1) is 11.7 Å². The Labute approximate surface area is 156 Å². The molecule has 2 bridgehead atoms. The number of nitrogens with zero attached hydrogens (tertiary/aromatic N) is 4. The number of amides is 2. The monoisotopic (exact) mass is 367 g/mol. The third-order valence-electron chi connectivity index (χ3n) is 5.48. The largest absolute Gasteiger partial charge is 0.447 e. The van der Waals surface area contributed by atoms with Crippen molar-refractivity contribution in [1.29, 1.82) is 0 Å². The van der Waals surface area contributed by atoms with Crippen LogP contribution in [0, 0.1) is 12.8 Å². The van der Waals surface area contributed by atoms with Gasteiger partial charge in [-0.2, -0.15) is 4.98 Å². The summed E-state index contributed by atoms with van der Waals surface area (Å²) in [6.45, 7) is 3.37. The number of aromatic nitrogens is 2. The first-order chi connectivity index (χ1) is 13.1. The quantitative estimate of drug-likeness (QED) is 0.836. The fourth-order valence-corrected chi connectivity index (χ4v) is 3.91. The van der Waals surface area contributed by atoms with E-state index in [0.29, 0.717) is 35.6 Å². The van der Waals surface area contributed by atoms with Crippen LogP contribution in [0.3, 0.4) is 0 Å². The number of aryl methyl sites for hydroxylation is 1. The van der Waals surface area contributed by atoms with Crippen molar-refractivity contribution in [1.82, 2.24) is 9.97 Å². The van der Waals surface area contributed by atoms with Gasteiger partial charge >= 0.3 is 6.03 Å². The van der Waals surface area contributed by atoms with Gasteiger partial charge in [-0.1, -0.05) is 0 Å². The number of anilines is 3. The highest BCUT2D eigenvalue weighted by atomic mass is 16.3. The third kappa shape index (κ3) is 2.94. The van der Waals surface area contributed by atoms with E-state index in [-0.39, 0.29) is 17.9 Å². The highest BCUT2D eigenvalue weighted by Crippen LogP contribution is 2.40. The lowest BCUT2D eigenvalue weighted by Crippen LogP contribution is -2.48. The Morgan fingerprint density at radius 1 is 1.26 bits per heavy atom. The number of nitrogens with one attached hydrogen (secondary N) is 1. The van der Waals surface area contributed by atoms with Gasteiger partial charge in [0.2, 0.25) is 0 Å². The van der Waals surface area contributed by atoms with Crippen LogP contribution >= 0.6 is 0 Å². The van der Waals surface area contributed by atoms with Crippen LogP contribution in [0.2, 0.25) is 0 Å². The molecule has 3 aliphatic rings. The molecule has 1 aliphatic carbocycles. The minimum atomic E-state index is -0.296. The van der Waals surface area contributed by atoms with Gasteiger partial charge in [0.1, 0.15) is 12.0 Å². The van der Waals surface area contributed by atoms with E-state index in [0.717, 1.165) is 38.0 Å². The predicted octanol–water partition coefficient (Wildman–Crippen LogP) is 2.99. The highest BCUT2D eigenvalue weighted by Gasteiger charge is 2.40. The second-order valence-electron chi connectivity index (χ2n) is 7.55. The standard InChI is InChI=1S/C19H21N5O3/c1-11-20-17(10-27-11)22-19(26)24-13-6-7-23(9-13)15-5-4-14(21-18(15)24)16(25)8-12-2-3-12/h4-5,10,12-13H,2-3,6-9H2,1H3,(H,22,26)/t13-/m0/s1. The number of Topliss-reactive ketones (excluding diaryl/α,β-unsaturated/α-hetero) is 1. The molecule has 0 radical (unpaired) electrons. The van der Waals surface area contributed by atoms with E-state index in [1.807, 2.05) is 6.07 Å². The summed E-state index contributed by atoms with van der Waals surface area (Å²) in [7, 11) is 0. The summed E-state index contributed by atoms with van der Waals surface area (Å²) in [4.78, 5) is 38.2. The van der Waals surface area contributed by atoms with Gasteiger partial charge in [0.25, 0.3) is 0 Å². The molecule has 140 valence electrons. The third-order valence-corrected chi connectivity index (χ3v) is 5.48. The van der Waals surface area contributed by atoms with Gasteiger partial charge in [0.15, 0.2) is 23.3 Å². The lowest BCUT2D eigenvalue weighted by Gasteiger charge is -2.35. The summed E-state index contributed by atoms with van der Waals surface area (Å²) >= 11 is 0. The van der Waals surface area contributed by atoms with Crippen LogP contribution in [-0.4, -0.2) is 40.9 Å². The van der Waals surface area contributed by atoms with Crippen molar-refractivity contribution in [2.24, 2.45) is 5.92 Å². The molecule has 2 aromatic rings. The fraction of sp³-hybridized carbons (Fsp3) is 0.474. The number of pyridine rings is 1. The average molecular weight is 367 g/mol. The normalized spacial score (nSPS) is 20.6. The first kappa shape index (κ1) is 16.3. The topological polar surface area (TPSA) is 91.6 Å². The van der Waals surface area contributed by atoms with Crippen LogP contribution in [0.1, 0.15) is 42.1 Å². The first-order valence-corrected chi connectivity index (χ1v) is 9.40. The summed E-state index contributed by atoms with van der Waals surface area (Å²) in [5, 5.41) is 2.79. The van der Waals surface area contributed by atoms with Crippen LogP contribution in [0.25, 0.3) is 0 Å². The van der Waals surface area contributed by atoms with Crippen molar-refractivity contribution in [2.75, 3.05) is 28.2 Å². The number of oxazole rings is 1. The fourth-order valence-electron chi connectivity index (χ4n) is 3.91. The van der Waals surface area contributed by atoms with Crippen molar-refractivity contribution >= 4 is 29.1 Å². The molecule has 27 heavy (non-hydrogen) atoms. The number of carbonyl (C=O) groups is 2. The Morgan fingerprint density at radius 2 is 2.11 bits per heavy atom. The maximum absolute atomic E-state index is 13.0. The molecule has 2 aliphatic heterocycles. The number of rotatable bonds is 4. The van der Waals surface area contributed by atoms with Crippen LogP contribution in [-0.2, 0) is 0 Å². The van der Waals surface area contributed by atoms with E-state index in [2.05, 4.69) is 20.2 Å². The maximum Gasteiger partial charge on any atom is 0.329 e. The zero-order valence-electron chi connectivity index (χ0n) is 15.1. The van der Waals surface area contributed by atoms with Gasteiger partial charge in [-0.05, 0) is 37.3 Å². The smallest absolute Gasteiger partial charge is 0.329 e. The number of hydrogen-bond donors (Lipinski definition) is 1. The van der Waals surface area contributed by atoms with Crippen molar-refractivity contribution in [2.45, 2.75) is 38.6 Å². The van der Waals surface area contributed by atoms with Crippen LogP contribution < -0.4 is 15.1 Å². The lowest BCUT2D eigenvalue weighted by molar-refractivity contribution is 0.0971. The van der Waals surface area contributed by atoms with Gasteiger partial charge in [-0.3, -0.25) is 15.0 Å². The predicted molar refractivity (Wildman–Crippen MR) is 99.3 cm³/mol. The van der Waals surface area contributed by atoms with Gasteiger partial charge in [-0.25, -0.2) is 9.78 Å². The van der Waals surface area contributed by atoms with Crippen LogP contribution in [0.5, 0.6) is 0 Å². The minimum absolute atomic E-state index is 0.0341. The minimum Gasteiger partial charge on any atom is -0.447 e. The second-order valence-corrected chi connectivity index (χ2v) is 7.55. The molecule has 2 amide bonds. The number of urea groups is 1.